The standard InChI is InChI=1S/C9H9NO5/c11-4-5-1-6(3-10-2-5)7(12)8(13)9(14)15/h1-4,7-8,12-13H,(H,14,15). The number of hydrogen-bond donors (Lipinski definition) is 3. The van der Waals surface area contributed by atoms with Gasteiger partial charge in [0, 0.05) is 23.5 Å². The van der Waals surface area contributed by atoms with Crippen molar-refractivity contribution in [3.63, 3.8) is 0 Å². The van der Waals surface area contributed by atoms with Crippen LogP contribution in [0.3, 0.4) is 0 Å². The fraction of sp³-hybridized carbons (Fsp3) is 0.222. The number of aldehydes is 1. The third kappa shape index (κ3) is 2.58. The number of aliphatic carboxylic acids is 1. The highest BCUT2D eigenvalue weighted by Gasteiger charge is 2.25. The van der Waals surface area contributed by atoms with Crippen molar-refractivity contribution in [2.24, 2.45) is 0 Å². The molecule has 1 aromatic heterocycles. The van der Waals surface area contributed by atoms with E-state index in [0.29, 0.717) is 6.29 Å². The van der Waals surface area contributed by atoms with E-state index in [-0.39, 0.29) is 11.1 Å². The summed E-state index contributed by atoms with van der Waals surface area (Å²) in [7, 11) is 0. The van der Waals surface area contributed by atoms with Crippen molar-refractivity contribution in [1.82, 2.24) is 4.98 Å². The van der Waals surface area contributed by atoms with Crippen LogP contribution in [0.25, 0.3) is 0 Å². The molecule has 1 rings (SSSR count). The summed E-state index contributed by atoms with van der Waals surface area (Å²) in [5, 5.41) is 26.9. The van der Waals surface area contributed by atoms with E-state index in [2.05, 4.69) is 4.98 Å². The number of carboxylic acids is 1. The van der Waals surface area contributed by atoms with Crippen LogP contribution >= 0.6 is 0 Å². The lowest BCUT2D eigenvalue weighted by Crippen LogP contribution is -2.27. The predicted octanol–water partition coefficient (Wildman–Crippen LogP) is -0.627. The van der Waals surface area contributed by atoms with Gasteiger partial charge in [-0.3, -0.25) is 9.78 Å². The molecule has 6 nitrogen and oxygen atoms in total. The van der Waals surface area contributed by atoms with Gasteiger partial charge in [-0.2, -0.15) is 0 Å². The number of aliphatic hydroxyl groups excluding tert-OH is 2. The van der Waals surface area contributed by atoms with Gasteiger partial charge >= 0.3 is 5.97 Å². The molecular formula is C9H9NO5. The predicted molar refractivity (Wildman–Crippen MR) is 48.2 cm³/mol. The van der Waals surface area contributed by atoms with Crippen LogP contribution in [0.5, 0.6) is 0 Å². The Bertz CT molecular complexity index is 379. The molecule has 0 aliphatic rings. The van der Waals surface area contributed by atoms with Crippen LogP contribution in [0.4, 0.5) is 0 Å². The molecular weight excluding hydrogens is 202 g/mol. The molecule has 0 aliphatic carbocycles. The van der Waals surface area contributed by atoms with Crippen LogP contribution in [0.2, 0.25) is 0 Å². The monoisotopic (exact) mass is 211 g/mol. The van der Waals surface area contributed by atoms with Gasteiger partial charge in [0.15, 0.2) is 12.4 Å². The number of rotatable bonds is 4. The van der Waals surface area contributed by atoms with E-state index >= 15 is 0 Å². The first-order chi connectivity index (χ1) is 7.06. The topological polar surface area (TPSA) is 108 Å². The molecule has 0 radical (unpaired) electrons. The number of carboxylic acid groups (broad SMARTS) is 1. The lowest BCUT2D eigenvalue weighted by Gasteiger charge is -2.13. The first-order valence-corrected chi connectivity index (χ1v) is 4.05. The van der Waals surface area contributed by atoms with E-state index in [1.807, 2.05) is 0 Å². The van der Waals surface area contributed by atoms with Gasteiger partial charge < -0.3 is 15.3 Å². The summed E-state index contributed by atoms with van der Waals surface area (Å²) in [4.78, 5) is 24.4. The maximum atomic E-state index is 10.4. The van der Waals surface area contributed by atoms with Gasteiger partial charge in [0.25, 0.3) is 0 Å². The summed E-state index contributed by atoms with van der Waals surface area (Å²) < 4.78 is 0. The highest BCUT2D eigenvalue weighted by molar-refractivity contribution is 5.75. The van der Waals surface area contributed by atoms with Crippen molar-refractivity contribution >= 4 is 12.3 Å². The van der Waals surface area contributed by atoms with Crippen LogP contribution in [-0.2, 0) is 4.79 Å². The molecule has 0 saturated heterocycles. The first-order valence-electron chi connectivity index (χ1n) is 4.05. The minimum Gasteiger partial charge on any atom is -0.479 e. The van der Waals surface area contributed by atoms with Crippen molar-refractivity contribution in [1.29, 1.82) is 0 Å². The SMILES string of the molecule is O=Cc1cncc(C(O)C(O)C(=O)O)c1. The molecule has 0 aliphatic heterocycles. The third-order valence-corrected chi connectivity index (χ3v) is 1.81. The molecule has 15 heavy (non-hydrogen) atoms. The second kappa shape index (κ2) is 4.63. The zero-order valence-electron chi connectivity index (χ0n) is 7.57. The molecule has 80 valence electrons. The van der Waals surface area contributed by atoms with Gasteiger partial charge in [-0.25, -0.2) is 4.79 Å². The summed E-state index contributed by atoms with van der Waals surface area (Å²) >= 11 is 0. The van der Waals surface area contributed by atoms with Crippen LogP contribution in [-0.4, -0.2) is 38.7 Å². The second-order valence-electron chi connectivity index (χ2n) is 2.90. The van der Waals surface area contributed by atoms with E-state index in [1.165, 1.54) is 18.5 Å². The Labute approximate surface area is 84.8 Å². The van der Waals surface area contributed by atoms with Crippen molar-refractivity contribution in [3.8, 4) is 0 Å². The molecule has 2 atom stereocenters. The van der Waals surface area contributed by atoms with E-state index in [4.69, 9.17) is 10.2 Å². The van der Waals surface area contributed by atoms with Gasteiger partial charge in [0.2, 0.25) is 0 Å². The lowest BCUT2D eigenvalue weighted by molar-refractivity contribution is -0.153. The van der Waals surface area contributed by atoms with E-state index in [9.17, 15) is 14.7 Å². The average Bonchev–Trinajstić information content (AvgIpc) is 2.27. The molecule has 0 aromatic carbocycles. The summed E-state index contributed by atoms with van der Waals surface area (Å²) in [6.07, 6.45) is -0.583. The lowest BCUT2D eigenvalue weighted by atomic mass is 10.1. The number of carbonyl (C=O) groups is 2. The maximum absolute atomic E-state index is 10.4. The molecule has 1 aromatic rings. The summed E-state index contributed by atoms with van der Waals surface area (Å²) in [5.41, 5.74) is 0.277. The Balaban J connectivity index is 2.95. The van der Waals surface area contributed by atoms with Gasteiger partial charge in [0.05, 0.1) is 0 Å². The Morgan fingerprint density at radius 3 is 2.60 bits per heavy atom. The Hall–Kier alpha value is -1.79. The molecule has 0 bridgehead atoms. The highest BCUT2D eigenvalue weighted by Crippen LogP contribution is 2.16. The summed E-state index contributed by atoms with van der Waals surface area (Å²) in [5.74, 6) is -1.54. The third-order valence-electron chi connectivity index (χ3n) is 1.81. The van der Waals surface area contributed by atoms with Crippen molar-refractivity contribution < 1.29 is 24.9 Å². The summed E-state index contributed by atoms with van der Waals surface area (Å²) in [6, 6.07) is 1.26. The Kier molecular flexibility index (Phi) is 3.48. The van der Waals surface area contributed by atoms with Crippen molar-refractivity contribution in [3.05, 3.63) is 29.6 Å². The number of aliphatic hydroxyl groups is 2. The maximum Gasteiger partial charge on any atom is 0.335 e. The summed E-state index contributed by atoms with van der Waals surface area (Å²) in [6.45, 7) is 0. The van der Waals surface area contributed by atoms with Crippen LogP contribution in [0, 0.1) is 0 Å². The van der Waals surface area contributed by atoms with E-state index in [0.717, 1.165) is 0 Å². The molecule has 2 unspecified atom stereocenters. The zero-order chi connectivity index (χ0) is 11.4. The van der Waals surface area contributed by atoms with Gasteiger partial charge in [-0.1, -0.05) is 0 Å². The van der Waals surface area contributed by atoms with Gasteiger partial charge in [0.1, 0.15) is 6.10 Å². The van der Waals surface area contributed by atoms with Gasteiger partial charge in [-0.05, 0) is 6.07 Å². The number of nitrogens with zero attached hydrogens (tertiary/aromatic N) is 1. The number of aromatic nitrogens is 1. The fourth-order valence-electron chi connectivity index (χ4n) is 1.02. The second-order valence-corrected chi connectivity index (χ2v) is 2.90. The van der Waals surface area contributed by atoms with Crippen molar-refractivity contribution in [2.75, 3.05) is 0 Å². The Morgan fingerprint density at radius 2 is 2.07 bits per heavy atom. The molecule has 0 spiro atoms. The number of pyridine rings is 1. The Morgan fingerprint density at radius 1 is 1.40 bits per heavy atom. The fourth-order valence-corrected chi connectivity index (χ4v) is 1.02. The van der Waals surface area contributed by atoms with Crippen LogP contribution in [0.1, 0.15) is 22.0 Å². The van der Waals surface area contributed by atoms with Crippen molar-refractivity contribution in [2.45, 2.75) is 12.2 Å². The first kappa shape index (κ1) is 11.3. The van der Waals surface area contributed by atoms with Gasteiger partial charge in [-0.15, -0.1) is 0 Å². The van der Waals surface area contributed by atoms with E-state index < -0.39 is 18.2 Å². The number of hydrogen-bond acceptors (Lipinski definition) is 5. The molecule has 0 amide bonds. The van der Waals surface area contributed by atoms with Crippen LogP contribution in [0.15, 0.2) is 18.5 Å². The molecule has 0 saturated carbocycles. The number of carbonyl (C=O) groups excluding carboxylic acids is 1. The van der Waals surface area contributed by atoms with Crippen LogP contribution < -0.4 is 0 Å². The molecule has 0 fully saturated rings. The normalized spacial score (nSPS) is 14.3. The minimum absolute atomic E-state index is 0.0782. The molecule has 3 N–H and O–H groups in total. The molecule has 1 heterocycles. The largest absolute Gasteiger partial charge is 0.479 e. The minimum atomic E-state index is -1.94. The van der Waals surface area contributed by atoms with E-state index in [1.54, 1.807) is 0 Å². The zero-order valence-corrected chi connectivity index (χ0v) is 7.57. The smallest absolute Gasteiger partial charge is 0.335 e. The average molecular weight is 211 g/mol. The molecule has 6 heteroatoms. The quantitative estimate of drug-likeness (QED) is 0.572. The highest BCUT2D eigenvalue weighted by atomic mass is 16.4.